The van der Waals surface area contributed by atoms with Crippen LogP contribution < -0.4 is 15.6 Å². The Bertz CT molecular complexity index is 1580. The molecule has 170 valence electrons. The van der Waals surface area contributed by atoms with Gasteiger partial charge in [0.2, 0.25) is 5.88 Å². The van der Waals surface area contributed by atoms with Crippen LogP contribution in [0.5, 0.6) is 5.88 Å². The molecule has 0 atom stereocenters. The molecule has 0 aliphatic carbocycles. The summed E-state index contributed by atoms with van der Waals surface area (Å²) in [5.74, 6) is -0.360. The topological polar surface area (TPSA) is 118 Å². The number of aromatic hydroxyl groups is 1. The Kier molecular flexibility index (Phi) is 6.30. The van der Waals surface area contributed by atoms with E-state index in [0.717, 1.165) is 15.9 Å². The lowest BCUT2D eigenvalue weighted by Gasteiger charge is -2.14. The van der Waals surface area contributed by atoms with Crippen molar-refractivity contribution in [2.45, 2.75) is 4.21 Å². The summed E-state index contributed by atoms with van der Waals surface area (Å²) in [4.78, 5) is 24.8. The van der Waals surface area contributed by atoms with E-state index >= 15 is 0 Å². The molecule has 8 nitrogen and oxygen atoms in total. The van der Waals surface area contributed by atoms with E-state index in [-0.39, 0.29) is 30.8 Å². The average Bonchev–Trinajstić information content (AvgIpc) is 3.17. The van der Waals surface area contributed by atoms with Gasteiger partial charge in [0.1, 0.15) is 4.21 Å². The number of carbonyl (C=O) groups is 1. The number of thiophene rings is 1. The molecule has 4 aromatic rings. The molecule has 4 rings (SSSR count). The van der Waals surface area contributed by atoms with Crippen LogP contribution in [-0.2, 0) is 10.0 Å². The van der Waals surface area contributed by atoms with Crippen LogP contribution in [0.4, 0.5) is 10.5 Å². The van der Waals surface area contributed by atoms with E-state index in [1.807, 2.05) is 4.72 Å². The number of hydrogen-bond acceptors (Lipinski definition) is 6. The van der Waals surface area contributed by atoms with Gasteiger partial charge in [0.25, 0.3) is 15.6 Å². The second-order valence-electron chi connectivity index (χ2n) is 6.66. The van der Waals surface area contributed by atoms with Crippen LogP contribution in [0.15, 0.2) is 63.6 Å². The molecular formula is C20H12Cl3N3O5S2. The Hall–Kier alpha value is -2.76. The first kappa shape index (κ1) is 23.4. The van der Waals surface area contributed by atoms with Crippen molar-refractivity contribution in [1.29, 1.82) is 0 Å². The smallest absolute Gasteiger partial charge is 0.333 e. The first-order valence-electron chi connectivity index (χ1n) is 8.98. The van der Waals surface area contributed by atoms with E-state index in [1.54, 1.807) is 12.1 Å². The van der Waals surface area contributed by atoms with E-state index in [4.69, 9.17) is 34.8 Å². The monoisotopic (exact) mass is 543 g/mol. The van der Waals surface area contributed by atoms with Crippen molar-refractivity contribution in [1.82, 2.24) is 9.29 Å². The number of hydrogen-bond donors (Lipinski definition) is 3. The van der Waals surface area contributed by atoms with Crippen LogP contribution in [0.1, 0.15) is 0 Å². The number of anilines is 1. The number of aromatic nitrogens is 1. The molecule has 0 saturated carbocycles. The molecule has 0 aliphatic heterocycles. The maximum absolute atomic E-state index is 12.6. The second kappa shape index (κ2) is 8.88. The lowest BCUT2D eigenvalue weighted by Crippen LogP contribution is -2.33. The first-order valence-corrected chi connectivity index (χ1v) is 12.4. The van der Waals surface area contributed by atoms with Gasteiger partial charge in [-0.15, -0.1) is 11.3 Å². The first-order chi connectivity index (χ1) is 15.5. The molecular weight excluding hydrogens is 533 g/mol. The minimum Gasteiger partial charge on any atom is -0.494 e. The lowest BCUT2D eigenvalue weighted by atomic mass is 10.1. The predicted molar refractivity (Wildman–Crippen MR) is 130 cm³/mol. The number of nitrogens with zero attached hydrogens (tertiary/aromatic N) is 1. The predicted octanol–water partition coefficient (Wildman–Crippen LogP) is 5.23. The fraction of sp³-hybridized carbons (Fsp3) is 0. The minimum atomic E-state index is -4.11. The molecule has 3 N–H and O–H groups in total. The van der Waals surface area contributed by atoms with Crippen LogP contribution >= 0.6 is 46.1 Å². The van der Waals surface area contributed by atoms with Gasteiger partial charge in [-0.25, -0.2) is 22.5 Å². The molecule has 0 unspecified atom stereocenters. The van der Waals surface area contributed by atoms with Crippen molar-refractivity contribution in [3.05, 3.63) is 79.3 Å². The van der Waals surface area contributed by atoms with Crippen LogP contribution in [0.25, 0.3) is 16.5 Å². The molecule has 0 spiro atoms. The molecule has 2 heterocycles. The van der Waals surface area contributed by atoms with Gasteiger partial charge >= 0.3 is 6.03 Å². The highest BCUT2D eigenvalue weighted by Crippen LogP contribution is 2.31. The highest BCUT2D eigenvalue weighted by atomic mass is 35.5. The quantitative estimate of drug-likeness (QED) is 0.325. The van der Waals surface area contributed by atoms with Gasteiger partial charge in [-0.2, -0.15) is 0 Å². The summed E-state index contributed by atoms with van der Waals surface area (Å²) in [6, 6.07) is 11.8. The van der Waals surface area contributed by atoms with Crippen molar-refractivity contribution in [2.24, 2.45) is 0 Å². The SMILES string of the molecule is O=C(Nc1ccc(-n2c(O)c3cc(Cl)ccc3cc2=O)c(Cl)c1)NS(=O)(=O)c1ccc(Cl)s1. The van der Waals surface area contributed by atoms with Gasteiger partial charge < -0.3 is 10.4 Å². The van der Waals surface area contributed by atoms with Crippen molar-refractivity contribution in [3.63, 3.8) is 0 Å². The summed E-state index contributed by atoms with van der Waals surface area (Å²) in [5, 5.41) is 14.3. The van der Waals surface area contributed by atoms with Gasteiger partial charge in [-0.05, 0) is 47.9 Å². The number of urea groups is 1. The van der Waals surface area contributed by atoms with E-state index in [2.05, 4.69) is 5.32 Å². The van der Waals surface area contributed by atoms with Gasteiger partial charge in [-0.1, -0.05) is 40.9 Å². The molecule has 0 fully saturated rings. The summed E-state index contributed by atoms with van der Waals surface area (Å²) < 4.78 is 27.5. The minimum absolute atomic E-state index is 0.0134. The summed E-state index contributed by atoms with van der Waals surface area (Å²) >= 11 is 18.8. The second-order valence-corrected chi connectivity index (χ2v) is 11.1. The van der Waals surface area contributed by atoms with Gasteiger partial charge in [0.15, 0.2) is 0 Å². The molecule has 2 amide bonds. The Morgan fingerprint density at radius 1 is 1.00 bits per heavy atom. The van der Waals surface area contributed by atoms with E-state index in [9.17, 15) is 23.1 Å². The molecule has 33 heavy (non-hydrogen) atoms. The van der Waals surface area contributed by atoms with E-state index in [0.29, 0.717) is 15.8 Å². The van der Waals surface area contributed by atoms with E-state index in [1.165, 1.54) is 42.5 Å². The Morgan fingerprint density at radius 2 is 1.76 bits per heavy atom. The highest BCUT2D eigenvalue weighted by molar-refractivity contribution is 7.92. The van der Waals surface area contributed by atoms with Crippen LogP contribution in [0.3, 0.4) is 0 Å². The molecule has 2 aromatic carbocycles. The summed E-state index contributed by atoms with van der Waals surface area (Å²) in [6.07, 6.45) is 0. The molecule has 0 radical (unpaired) electrons. The number of amides is 2. The van der Waals surface area contributed by atoms with Crippen LogP contribution in [0.2, 0.25) is 14.4 Å². The molecule has 13 heteroatoms. The Labute approximate surface area is 206 Å². The Balaban J connectivity index is 1.62. The standard InChI is InChI=1S/C20H12Cl3N3O5S2/c21-11-2-1-10-7-17(27)26(19(28)13(10)8-11)15-4-3-12(9-14(15)22)24-20(29)25-33(30,31)18-6-5-16(23)32-18/h1-9,28H,(H2,24,25,29). The highest BCUT2D eigenvalue weighted by Gasteiger charge is 2.20. The van der Waals surface area contributed by atoms with Gasteiger partial charge in [0, 0.05) is 22.2 Å². The van der Waals surface area contributed by atoms with Crippen molar-refractivity contribution >= 4 is 78.7 Å². The fourth-order valence-electron chi connectivity index (χ4n) is 3.04. The van der Waals surface area contributed by atoms with Crippen LogP contribution in [-0.4, -0.2) is 24.1 Å². The van der Waals surface area contributed by atoms with Gasteiger partial charge in [-0.3, -0.25) is 4.79 Å². The number of benzene rings is 2. The average molecular weight is 545 g/mol. The molecule has 2 aromatic heterocycles. The zero-order chi connectivity index (χ0) is 23.9. The zero-order valence-electron chi connectivity index (χ0n) is 16.2. The number of halogens is 3. The van der Waals surface area contributed by atoms with Crippen molar-refractivity contribution in [3.8, 4) is 11.6 Å². The lowest BCUT2D eigenvalue weighted by molar-refractivity contribution is 0.256. The fourth-order valence-corrected chi connectivity index (χ4v) is 5.87. The van der Waals surface area contributed by atoms with Crippen LogP contribution in [0, 0.1) is 0 Å². The number of fused-ring (bicyclic) bond motifs is 1. The van der Waals surface area contributed by atoms with Crippen molar-refractivity contribution < 1.29 is 18.3 Å². The maximum Gasteiger partial charge on any atom is 0.333 e. The number of rotatable bonds is 4. The molecule has 0 saturated heterocycles. The Morgan fingerprint density at radius 3 is 2.42 bits per heavy atom. The van der Waals surface area contributed by atoms with Crippen molar-refractivity contribution in [2.75, 3.05) is 5.32 Å². The third-order valence-electron chi connectivity index (χ3n) is 4.45. The largest absolute Gasteiger partial charge is 0.494 e. The summed E-state index contributed by atoms with van der Waals surface area (Å²) in [7, 11) is -4.11. The number of carbonyl (C=O) groups excluding carboxylic acids is 1. The molecule has 0 bridgehead atoms. The number of nitrogens with one attached hydrogen (secondary N) is 2. The number of sulfonamides is 1. The summed E-state index contributed by atoms with van der Waals surface area (Å²) in [6.45, 7) is 0. The third-order valence-corrected chi connectivity index (χ3v) is 8.05. The van der Waals surface area contributed by atoms with E-state index < -0.39 is 21.6 Å². The third kappa shape index (κ3) is 4.80. The number of pyridine rings is 1. The maximum atomic E-state index is 12.6. The molecule has 0 aliphatic rings. The zero-order valence-corrected chi connectivity index (χ0v) is 20.1. The van der Waals surface area contributed by atoms with Gasteiger partial charge in [0.05, 0.1) is 15.0 Å². The normalized spacial score (nSPS) is 11.5. The summed E-state index contributed by atoms with van der Waals surface area (Å²) in [5.41, 5.74) is -0.242.